The molecule has 7 heteroatoms. The first-order chi connectivity index (χ1) is 12.6. The Kier molecular flexibility index (Phi) is 5.78. The summed E-state index contributed by atoms with van der Waals surface area (Å²) in [6, 6.07) is 11.8. The Hall–Kier alpha value is -2.96. The van der Waals surface area contributed by atoms with E-state index >= 15 is 0 Å². The number of carbonyl (C=O) groups excluding carboxylic acids is 2. The summed E-state index contributed by atoms with van der Waals surface area (Å²) in [4.78, 5) is 32.2. The Morgan fingerprint density at radius 2 is 1.77 bits per heavy atom. The van der Waals surface area contributed by atoms with E-state index in [4.69, 9.17) is 0 Å². The molecule has 1 N–H and O–H groups in total. The topological polar surface area (TPSA) is 65.5 Å². The number of pyridine rings is 1. The number of halogens is 1. The number of aromatic nitrogens is 1. The molecule has 1 saturated heterocycles. The molecule has 0 bridgehead atoms. The van der Waals surface area contributed by atoms with E-state index in [1.54, 1.807) is 29.3 Å². The summed E-state index contributed by atoms with van der Waals surface area (Å²) < 4.78 is 13.0. The van der Waals surface area contributed by atoms with E-state index in [2.05, 4.69) is 15.2 Å². The third-order valence-electron chi connectivity index (χ3n) is 4.33. The third kappa shape index (κ3) is 4.78. The van der Waals surface area contributed by atoms with Crippen LogP contribution in [0.5, 0.6) is 0 Å². The molecule has 1 aromatic carbocycles. The number of piperazine rings is 1. The summed E-state index contributed by atoms with van der Waals surface area (Å²) >= 11 is 0. The van der Waals surface area contributed by atoms with E-state index in [0.29, 0.717) is 32.7 Å². The lowest BCUT2D eigenvalue weighted by Gasteiger charge is -2.36. The van der Waals surface area contributed by atoms with Gasteiger partial charge in [-0.15, -0.1) is 0 Å². The van der Waals surface area contributed by atoms with Gasteiger partial charge in [-0.3, -0.25) is 14.6 Å². The van der Waals surface area contributed by atoms with Crippen molar-refractivity contribution < 1.29 is 14.0 Å². The molecular weight excluding hydrogens is 335 g/mol. The summed E-state index contributed by atoms with van der Waals surface area (Å²) in [5, 5.41) is 2.71. The Bertz CT molecular complexity index is 744. The van der Waals surface area contributed by atoms with Crippen molar-refractivity contribution in [2.75, 3.05) is 31.1 Å². The Balaban J connectivity index is 1.43. The summed E-state index contributed by atoms with van der Waals surface area (Å²) in [5.41, 5.74) is 1.69. The van der Waals surface area contributed by atoms with E-state index in [-0.39, 0.29) is 24.1 Å². The van der Waals surface area contributed by atoms with Gasteiger partial charge < -0.3 is 15.1 Å². The molecule has 0 unspecified atom stereocenters. The fourth-order valence-electron chi connectivity index (χ4n) is 2.87. The highest BCUT2D eigenvalue weighted by Gasteiger charge is 2.22. The Morgan fingerprint density at radius 1 is 1.04 bits per heavy atom. The number of amides is 2. The van der Waals surface area contributed by atoms with Crippen molar-refractivity contribution in [2.45, 2.75) is 13.0 Å². The standard InChI is InChI=1S/C19H21FN4O2/c20-15-4-6-17(7-5-15)23-9-11-24(12-10-23)19(26)13-18(25)22-14-16-3-1-2-8-21-16/h1-8H,9-14H2,(H,22,25). The lowest BCUT2D eigenvalue weighted by Crippen LogP contribution is -2.49. The van der Waals surface area contributed by atoms with Crippen LogP contribution in [0.15, 0.2) is 48.7 Å². The molecule has 2 heterocycles. The van der Waals surface area contributed by atoms with Crippen molar-refractivity contribution in [3.05, 3.63) is 60.2 Å². The highest BCUT2D eigenvalue weighted by atomic mass is 19.1. The number of nitrogens with zero attached hydrogens (tertiary/aromatic N) is 3. The number of hydrogen-bond donors (Lipinski definition) is 1. The first kappa shape index (κ1) is 17.8. The van der Waals surface area contributed by atoms with Crippen LogP contribution in [-0.4, -0.2) is 47.9 Å². The molecule has 6 nitrogen and oxygen atoms in total. The highest BCUT2D eigenvalue weighted by molar-refractivity contribution is 5.96. The molecule has 3 rings (SSSR count). The zero-order chi connectivity index (χ0) is 18.4. The normalized spacial score (nSPS) is 14.2. The zero-order valence-corrected chi connectivity index (χ0v) is 14.4. The maximum atomic E-state index is 13.0. The number of rotatable bonds is 5. The monoisotopic (exact) mass is 356 g/mol. The van der Waals surface area contributed by atoms with Crippen LogP contribution in [0.4, 0.5) is 10.1 Å². The molecule has 0 radical (unpaired) electrons. The number of carbonyl (C=O) groups is 2. The third-order valence-corrected chi connectivity index (χ3v) is 4.33. The fourth-order valence-corrected chi connectivity index (χ4v) is 2.87. The van der Waals surface area contributed by atoms with Crippen LogP contribution >= 0.6 is 0 Å². The van der Waals surface area contributed by atoms with Gasteiger partial charge in [-0.1, -0.05) is 6.07 Å². The number of hydrogen-bond acceptors (Lipinski definition) is 4. The summed E-state index contributed by atoms with van der Waals surface area (Å²) in [7, 11) is 0. The van der Waals surface area contributed by atoms with Crippen molar-refractivity contribution in [2.24, 2.45) is 0 Å². The predicted octanol–water partition coefficient (Wildman–Crippen LogP) is 1.58. The molecule has 1 aliphatic heterocycles. The van der Waals surface area contributed by atoms with Gasteiger partial charge in [-0.25, -0.2) is 4.39 Å². The van der Waals surface area contributed by atoms with Crippen molar-refractivity contribution in [3.8, 4) is 0 Å². The van der Waals surface area contributed by atoms with Crippen molar-refractivity contribution in [1.29, 1.82) is 0 Å². The van der Waals surface area contributed by atoms with Crippen LogP contribution in [-0.2, 0) is 16.1 Å². The van der Waals surface area contributed by atoms with Crippen LogP contribution in [0.2, 0.25) is 0 Å². The van der Waals surface area contributed by atoms with Gasteiger partial charge in [0.25, 0.3) is 0 Å². The minimum atomic E-state index is -0.304. The number of anilines is 1. The van der Waals surface area contributed by atoms with Crippen LogP contribution in [0, 0.1) is 5.82 Å². The Labute approximate surface area is 151 Å². The van der Waals surface area contributed by atoms with E-state index < -0.39 is 0 Å². The SMILES string of the molecule is O=C(CC(=O)N1CCN(c2ccc(F)cc2)CC1)NCc1ccccn1. The second-order valence-corrected chi connectivity index (χ2v) is 6.12. The second kappa shape index (κ2) is 8.42. The lowest BCUT2D eigenvalue weighted by molar-refractivity contribution is -0.136. The zero-order valence-electron chi connectivity index (χ0n) is 14.4. The maximum absolute atomic E-state index is 13.0. The van der Waals surface area contributed by atoms with Crippen molar-refractivity contribution in [1.82, 2.24) is 15.2 Å². The smallest absolute Gasteiger partial charge is 0.232 e. The quantitative estimate of drug-likeness (QED) is 0.826. The Morgan fingerprint density at radius 3 is 2.42 bits per heavy atom. The minimum absolute atomic E-state index is 0.163. The van der Waals surface area contributed by atoms with Gasteiger partial charge in [0, 0.05) is 38.1 Å². The molecule has 0 atom stereocenters. The minimum Gasteiger partial charge on any atom is -0.368 e. The summed E-state index contributed by atoms with van der Waals surface area (Å²) in [6.45, 7) is 2.72. The second-order valence-electron chi connectivity index (χ2n) is 6.12. The first-order valence-corrected chi connectivity index (χ1v) is 8.57. The van der Waals surface area contributed by atoms with Crippen LogP contribution in [0.1, 0.15) is 12.1 Å². The largest absolute Gasteiger partial charge is 0.368 e. The molecule has 0 saturated carbocycles. The predicted molar refractivity (Wildman–Crippen MR) is 95.9 cm³/mol. The maximum Gasteiger partial charge on any atom is 0.232 e. The van der Waals surface area contributed by atoms with Gasteiger partial charge >= 0.3 is 0 Å². The lowest BCUT2D eigenvalue weighted by atomic mass is 10.2. The molecule has 26 heavy (non-hydrogen) atoms. The molecule has 1 aromatic heterocycles. The van der Waals surface area contributed by atoms with Crippen LogP contribution in [0.25, 0.3) is 0 Å². The molecule has 1 fully saturated rings. The fraction of sp³-hybridized carbons (Fsp3) is 0.316. The van der Waals surface area contributed by atoms with Crippen LogP contribution < -0.4 is 10.2 Å². The summed E-state index contributed by atoms with van der Waals surface area (Å²) in [5.74, 6) is -0.747. The van der Waals surface area contributed by atoms with Crippen LogP contribution in [0.3, 0.4) is 0 Å². The molecule has 0 aliphatic carbocycles. The van der Waals surface area contributed by atoms with Gasteiger partial charge in [-0.2, -0.15) is 0 Å². The van der Waals surface area contributed by atoms with E-state index in [9.17, 15) is 14.0 Å². The summed E-state index contributed by atoms with van der Waals surface area (Å²) in [6.07, 6.45) is 1.50. The molecule has 2 aromatic rings. The average Bonchev–Trinajstić information content (AvgIpc) is 2.68. The van der Waals surface area contributed by atoms with Gasteiger partial charge in [0.2, 0.25) is 11.8 Å². The molecule has 0 spiro atoms. The van der Waals surface area contributed by atoms with E-state index in [1.807, 2.05) is 12.1 Å². The molecule has 2 amide bonds. The van der Waals surface area contributed by atoms with Gasteiger partial charge in [0.05, 0.1) is 12.2 Å². The van der Waals surface area contributed by atoms with Gasteiger partial charge in [0.15, 0.2) is 0 Å². The van der Waals surface area contributed by atoms with E-state index in [0.717, 1.165) is 11.4 Å². The average molecular weight is 356 g/mol. The number of nitrogens with one attached hydrogen (secondary N) is 1. The highest BCUT2D eigenvalue weighted by Crippen LogP contribution is 2.17. The van der Waals surface area contributed by atoms with Crippen molar-refractivity contribution in [3.63, 3.8) is 0 Å². The van der Waals surface area contributed by atoms with Crippen molar-refractivity contribution >= 4 is 17.5 Å². The first-order valence-electron chi connectivity index (χ1n) is 8.57. The van der Waals surface area contributed by atoms with Gasteiger partial charge in [-0.05, 0) is 36.4 Å². The van der Waals surface area contributed by atoms with E-state index in [1.165, 1.54) is 12.1 Å². The van der Waals surface area contributed by atoms with Gasteiger partial charge in [0.1, 0.15) is 12.2 Å². The number of benzene rings is 1. The molecule has 136 valence electrons. The molecule has 1 aliphatic rings. The molecular formula is C19H21FN4O2.